The highest BCUT2D eigenvalue weighted by molar-refractivity contribution is 9.11. The molecule has 94 valence electrons. The lowest BCUT2D eigenvalue weighted by atomic mass is 9.78. The van der Waals surface area contributed by atoms with Crippen LogP contribution in [0.2, 0.25) is 0 Å². The predicted molar refractivity (Wildman–Crippen MR) is 81.2 cm³/mol. The van der Waals surface area contributed by atoms with Crippen molar-refractivity contribution >= 4 is 27.3 Å². The molecule has 0 fully saturated rings. The highest BCUT2D eigenvalue weighted by Crippen LogP contribution is 2.42. The van der Waals surface area contributed by atoms with Gasteiger partial charge in [-0.3, -0.25) is 0 Å². The van der Waals surface area contributed by atoms with E-state index in [1.54, 1.807) is 0 Å². The second kappa shape index (κ2) is 4.80. The Kier molecular flexibility index (Phi) is 3.31. The van der Waals surface area contributed by atoms with Gasteiger partial charge < -0.3 is 5.73 Å². The fourth-order valence-electron chi connectivity index (χ4n) is 3.01. The zero-order valence-electron chi connectivity index (χ0n) is 10.2. The minimum atomic E-state index is 0.154. The molecule has 1 heterocycles. The molecule has 0 amide bonds. The molecular weight excluding hydrogens is 306 g/mol. The number of fused-ring (bicyclic) bond motifs is 1. The molecule has 0 aliphatic heterocycles. The largest absolute Gasteiger partial charge is 0.330 e. The summed E-state index contributed by atoms with van der Waals surface area (Å²) in [5.41, 5.74) is 9.24. The maximum absolute atomic E-state index is 6.13. The summed E-state index contributed by atoms with van der Waals surface area (Å²) in [7, 11) is 0. The van der Waals surface area contributed by atoms with Crippen molar-refractivity contribution in [1.29, 1.82) is 0 Å². The first-order valence-corrected chi connectivity index (χ1v) is 7.87. The highest BCUT2D eigenvalue weighted by atomic mass is 79.9. The van der Waals surface area contributed by atoms with Gasteiger partial charge in [0.05, 0.1) is 3.79 Å². The fraction of sp³-hybridized carbons (Fsp3) is 0.333. The summed E-state index contributed by atoms with van der Waals surface area (Å²) in [5.74, 6) is 0. The highest BCUT2D eigenvalue weighted by Gasteiger charge is 2.37. The molecule has 1 unspecified atom stereocenters. The van der Waals surface area contributed by atoms with E-state index < -0.39 is 0 Å². The Labute approximate surface area is 120 Å². The summed E-state index contributed by atoms with van der Waals surface area (Å²) < 4.78 is 1.20. The van der Waals surface area contributed by atoms with E-state index in [-0.39, 0.29) is 5.41 Å². The maximum atomic E-state index is 6.13. The smallest absolute Gasteiger partial charge is 0.0701 e. The minimum absolute atomic E-state index is 0.154. The topological polar surface area (TPSA) is 26.0 Å². The summed E-state index contributed by atoms with van der Waals surface area (Å²) in [6, 6.07) is 13.1. The zero-order valence-corrected chi connectivity index (χ0v) is 12.6. The van der Waals surface area contributed by atoms with Gasteiger partial charge in [0, 0.05) is 16.8 Å². The molecule has 0 saturated heterocycles. The van der Waals surface area contributed by atoms with E-state index in [0.717, 1.165) is 13.0 Å². The van der Waals surface area contributed by atoms with E-state index >= 15 is 0 Å². The molecule has 0 bridgehead atoms. The van der Waals surface area contributed by atoms with Crippen LogP contribution in [-0.4, -0.2) is 6.54 Å². The first kappa shape index (κ1) is 12.4. The van der Waals surface area contributed by atoms with E-state index in [4.69, 9.17) is 5.73 Å². The van der Waals surface area contributed by atoms with Gasteiger partial charge in [-0.15, -0.1) is 11.3 Å². The molecule has 2 aromatic rings. The monoisotopic (exact) mass is 321 g/mol. The van der Waals surface area contributed by atoms with Crippen LogP contribution < -0.4 is 5.73 Å². The second-order valence-corrected chi connectivity index (χ2v) is 7.57. The number of rotatable bonds is 3. The van der Waals surface area contributed by atoms with Crippen LogP contribution in [0.3, 0.4) is 0 Å². The van der Waals surface area contributed by atoms with Crippen molar-refractivity contribution in [2.75, 3.05) is 6.54 Å². The Hall–Kier alpha value is -0.640. The van der Waals surface area contributed by atoms with Crippen molar-refractivity contribution in [2.24, 2.45) is 5.73 Å². The van der Waals surface area contributed by atoms with Crippen molar-refractivity contribution in [3.05, 3.63) is 56.2 Å². The van der Waals surface area contributed by atoms with E-state index in [1.807, 2.05) is 11.3 Å². The van der Waals surface area contributed by atoms with Gasteiger partial charge in [0.25, 0.3) is 0 Å². The molecule has 0 radical (unpaired) electrons. The molecule has 18 heavy (non-hydrogen) atoms. The van der Waals surface area contributed by atoms with Gasteiger partial charge in [-0.25, -0.2) is 0 Å². The Morgan fingerprint density at radius 2 is 2.06 bits per heavy atom. The van der Waals surface area contributed by atoms with Crippen molar-refractivity contribution in [3.63, 3.8) is 0 Å². The summed E-state index contributed by atoms with van der Waals surface area (Å²) in [6.07, 6.45) is 3.41. The minimum Gasteiger partial charge on any atom is -0.330 e. The van der Waals surface area contributed by atoms with Crippen LogP contribution in [0, 0.1) is 0 Å². The van der Waals surface area contributed by atoms with Gasteiger partial charge in [0.1, 0.15) is 0 Å². The van der Waals surface area contributed by atoms with Crippen molar-refractivity contribution < 1.29 is 0 Å². The molecule has 1 nitrogen and oxygen atoms in total. The van der Waals surface area contributed by atoms with Gasteiger partial charge in [0.2, 0.25) is 0 Å². The SMILES string of the molecule is NCC1(Cc2ccc(Br)s2)CCc2ccccc21. The van der Waals surface area contributed by atoms with Crippen LogP contribution in [0.5, 0.6) is 0 Å². The molecule has 1 aromatic carbocycles. The lowest BCUT2D eigenvalue weighted by Gasteiger charge is -2.28. The molecule has 3 rings (SSSR count). The fourth-order valence-corrected chi connectivity index (χ4v) is 4.64. The number of hydrogen-bond donors (Lipinski definition) is 1. The third-order valence-electron chi connectivity index (χ3n) is 3.99. The average Bonchev–Trinajstić information content (AvgIpc) is 2.96. The third kappa shape index (κ3) is 2.04. The van der Waals surface area contributed by atoms with E-state index in [9.17, 15) is 0 Å². The van der Waals surface area contributed by atoms with E-state index in [0.29, 0.717) is 0 Å². The standard InChI is InChI=1S/C15H16BrNS/c16-14-6-5-12(18-14)9-15(10-17)8-7-11-3-1-2-4-13(11)15/h1-6H,7-10,17H2. The summed E-state index contributed by atoms with van der Waals surface area (Å²) in [5, 5.41) is 0. The Morgan fingerprint density at radius 1 is 1.22 bits per heavy atom. The summed E-state index contributed by atoms with van der Waals surface area (Å²) in [6.45, 7) is 0.736. The Bertz CT molecular complexity index is 563. The lowest BCUT2D eigenvalue weighted by Crippen LogP contribution is -2.34. The van der Waals surface area contributed by atoms with Crippen LogP contribution >= 0.6 is 27.3 Å². The number of aryl methyl sites for hydroxylation is 1. The Balaban J connectivity index is 1.97. The molecule has 3 heteroatoms. The summed E-state index contributed by atoms with van der Waals surface area (Å²) in [4.78, 5) is 1.42. The number of hydrogen-bond acceptors (Lipinski definition) is 2. The average molecular weight is 322 g/mol. The quantitative estimate of drug-likeness (QED) is 0.911. The third-order valence-corrected chi connectivity index (χ3v) is 5.62. The normalized spacial score (nSPS) is 22.1. The molecule has 2 N–H and O–H groups in total. The maximum Gasteiger partial charge on any atom is 0.0701 e. The first-order chi connectivity index (χ1) is 8.73. The van der Waals surface area contributed by atoms with Crippen LogP contribution in [-0.2, 0) is 18.3 Å². The number of halogens is 1. The molecule has 1 aliphatic carbocycles. The molecule has 0 saturated carbocycles. The van der Waals surface area contributed by atoms with Crippen molar-refractivity contribution in [3.8, 4) is 0 Å². The zero-order chi connectivity index (χ0) is 12.6. The van der Waals surface area contributed by atoms with Gasteiger partial charge in [-0.05, 0) is 58.5 Å². The molecular formula is C15H16BrNS. The van der Waals surface area contributed by atoms with Gasteiger partial charge in [0.15, 0.2) is 0 Å². The van der Waals surface area contributed by atoms with E-state index in [2.05, 4.69) is 52.3 Å². The van der Waals surface area contributed by atoms with Crippen LogP contribution in [0.25, 0.3) is 0 Å². The number of thiophene rings is 1. The molecule has 1 aliphatic rings. The molecule has 0 spiro atoms. The number of nitrogens with two attached hydrogens (primary N) is 1. The second-order valence-electron chi connectivity index (χ2n) is 5.02. The van der Waals surface area contributed by atoms with Crippen LogP contribution in [0.15, 0.2) is 40.2 Å². The van der Waals surface area contributed by atoms with Gasteiger partial charge >= 0.3 is 0 Å². The van der Waals surface area contributed by atoms with Crippen LogP contribution in [0.4, 0.5) is 0 Å². The predicted octanol–water partition coefficient (Wildman–Crippen LogP) is 3.90. The van der Waals surface area contributed by atoms with Gasteiger partial charge in [-0.1, -0.05) is 24.3 Å². The van der Waals surface area contributed by atoms with E-state index in [1.165, 1.54) is 32.6 Å². The molecule has 1 aromatic heterocycles. The Morgan fingerprint density at radius 3 is 2.78 bits per heavy atom. The van der Waals surface area contributed by atoms with Crippen LogP contribution in [0.1, 0.15) is 22.4 Å². The number of benzene rings is 1. The van der Waals surface area contributed by atoms with Crippen molar-refractivity contribution in [1.82, 2.24) is 0 Å². The summed E-state index contributed by atoms with van der Waals surface area (Å²) >= 11 is 5.36. The first-order valence-electron chi connectivity index (χ1n) is 6.26. The van der Waals surface area contributed by atoms with Crippen molar-refractivity contribution in [2.45, 2.75) is 24.7 Å². The lowest BCUT2D eigenvalue weighted by molar-refractivity contribution is 0.435. The van der Waals surface area contributed by atoms with Gasteiger partial charge in [-0.2, -0.15) is 0 Å². The molecule has 1 atom stereocenters.